The molecular formula is C24H21N3O2S. The summed E-state index contributed by atoms with van der Waals surface area (Å²) in [4.78, 5) is 21.6. The number of amides is 1. The van der Waals surface area contributed by atoms with E-state index in [-0.39, 0.29) is 5.91 Å². The van der Waals surface area contributed by atoms with E-state index in [0.717, 1.165) is 28.6 Å². The lowest BCUT2D eigenvalue weighted by atomic mass is 10.1. The van der Waals surface area contributed by atoms with E-state index < -0.39 is 0 Å². The second kappa shape index (κ2) is 7.95. The molecular weight excluding hydrogens is 394 g/mol. The first-order valence-corrected chi connectivity index (χ1v) is 10.8. The highest BCUT2D eigenvalue weighted by atomic mass is 32.2. The number of hydrogen-bond donors (Lipinski definition) is 1. The molecule has 0 bridgehead atoms. The lowest BCUT2D eigenvalue weighted by Crippen LogP contribution is -2.22. The van der Waals surface area contributed by atoms with Crippen LogP contribution in [0, 0.1) is 0 Å². The molecule has 150 valence electrons. The Kier molecular flexibility index (Phi) is 5.01. The maximum atomic E-state index is 12.3. The van der Waals surface area contributed by atoms with Crippen LogP contribution in [0.2, 0.25) is 0 Å². The van der Waals surface area contributed by atoms with Crippen molar-refractivity contribution >= 4 is 33.7 Å². The highest BCUT2D eigenvalue weighted by Gasteiger charge is 2.40. The summed E-state index contributed by atoms with van der Waals surface area (Å²) >= 11 is 1.43. The van der Waals surface area contributed by atoms with Crippen LogP contribution in [0.4, 0.5) is 0 Å². The van der Waals surface area contributed by atoms with Gasteiger partial charge in [-0.3, -0.25) is 9.78 Å². The van der Waals surface area contributed by atoms with Crippen LogP contribution < -0.4 is 10.1 Å². The second-order valence-corrected chi connectivity index (χ2v) is 8.50. The highest BCUT2D eigenvalue weighted by Crippen LogP contribution is 2.41. The predicted octanol–water partition coefficient (Wildman–Crippen LogP) is 4.44. The molecule has 5 nitrogen and oxygen atoms in total. The van der Waals surface area contributed by atoms with Crippen molar-refractivity contribution in [2.75, 3.05) is 7.11 Å². The van der Waals surface area contributed by atoms with E-state index in [4.69, 9.17) is 4.74 Å². The number of methoxy groups -OCH3 is 1. The monoisotopic (exact) mass is 415 g/mol. The summed E-state index contributed by atoms with van der Waals surface area (Å²) in [6.07, 6.45) is 5.42. The number of carbonyl (C=O) groups is 1. The zero-order chi connectivity index (χ0) is 20.5. The number of pyridine rings is 1. The molecule has 1 saturated carbocycles. The topological polar surface area (TPSA) is 63.6 Å². The van der Waals surface area contributed by atoms with Gasteiger partial charge in [-0.2, -0.15) is 4.99 Å². The standard InChI is InChI=1S/C24H21N3O2S/c1-29-21-11-12-25-19-9-7-15(13-18(19)21)8-10-22-23(28)27-24(30-22)26-20-14-17(20)16-5-3-2-4-6-16/h2-7,9-13,17,20H,8,14H2,1H3,(H,26,27,28)/b22-10-/t17-,20+/m0/s1. The van der Waals surface area contributed by atoms with Gasteiger partial charge in [0.25, 0.3) is 5.91 Å². The first kappa shape index (κ1) is 18.9. The number of thioether (sulfide) groups is 1. The van der Waals surface area contributed by atoms with Crippen LogP contribution in [0.1, 0.15) is 23.5 Å². The minimum absolute atomic E-state index is 0.167. The quantitative estimate of drug-likeness (QED) is 0.624. The number of rotatable bonds is 5. The number of nitrogens with one attached hydrogen (secondary N) is 1. The molecule has 2 heterocycles. The Morgan fingerprint density at radius 3 is 2.90 bits per heavy atom. The number of carbonyl (C=O) groups excluding carboxylic acids is 1. The molecule has 30 heavy (non-hydrogen) atoms. The van der Waals surface area contributed by atoms with E-state index in [1.165, 1.54) is 17.3 Å². The SMILES string of the molecule is COc1ccnc2ccc(C/C=C3\SC(N[C@@H]4C[C@H]4c4ccccc4)=NC3=O)cc12. The van der Waals surface area contributed by atoms with Crippen molar-refractivity contribution in [1.82, 2.24) is 10.3 Å². The third-order valence-electron chi connectivity index (χ3n) is 5.46. The van der Waals surface area contributed by atoms with Gasteiger partial charge in [0.15, 0.2) is 5.17 Å². The fourth-order valence-corrected chi connectivity index (χ4v) is 4.62. The number of amidine groups is 1. The predicted molar refractivity (Wildman–Crippen MR) is 121 cm³/mol. The molecule has 2 aliphatic rings. The number of aliphatic imine (C=N–C) groups is 1. The first-order chi connectivity index (χ1) is 14.7. The van der Waals surface area contributed by atoms with E-state index in [1.54, 1.807) is 13.3 Å². The van der Waals surface area contributed by atoms with E-state index >= 15 is 0 Å². The Morgan fingerprint density at radius 1 is 1.20 bits per heavy atom. The molecule has 1 aromatic heterocycles. The summed E-state index contributed by atoms with van der Waals surface area (Å²) in [5.74, 6) is 1.13. The van der Waals surface area contributed by atoms with Crippen molar-refractivity contribution in [1.29, 1.82) is 0 Å². The maximum Gasteiger partial charge on any atom is 0.285 e. The number of ether oxygens (including phenoxy) is 1. The lowest BCUT2D eigenvalue weighted by molar-refractivity contribution is -0.113. The van der Waals surface area contributed by atoms with Gasteiger partial charge in [0.1, 0.15) is 5.75 Å². The van der Waals surface area contributed by atoms with Crippen molar-refractivity contribution in [3.05, 3.63) is 82.9 Å². The van der Waals surface area contributed by atoms with E-state index in [2.05, 4.69) is 45.6 Å². The first-order valence-electron chi connectivity index (χ1n) is 9.95. The van der Waals surface area contributed by atoms with Crippen molar-refractivity contribution < 1.29 is 9.53 Å². The van der Waals surface area contributed by atoms with Crippen LogP contribution in [0.15, 0.2) is 76.8 Å². The van der Waals surface area contributed by atoms with Crippen molar-refractivity contribution in [3.8, 4) is 5.75 Å². The second-order valence-electron chi connectivity index (χ2n) is 7.47. The van der Waals surface area contributed by atoms with Gasteiger partial charge >= 0.3 is 0 Å². The van der Waals surface area contributed by atoms with E-state index in [1.807, 2.05) is 30.3 Å². The Labute approximate surface area is 179 Å². The van der Waals surface area contributed by atoms with Crippen LogP contribution in [0.5, 0.6) is 5.75 Å². The molecule has 5 rings (SSSR count). The number of nitrogens with zero attached hydrogens (tertiary/aromatic N) is 2. The normalized spacial score (nSPS) is 21.7. The van der Waals surface area contributed by atoms with Crippen molar-refractivity contribution in [3.63, 3.8) is 0 Å². The molecule has 2 atom stereocenters. The largest absolute Gasteiger partial charge is 0.496 e. The molecule has 1 aliphatic carbocycles. The zero-order valence-corrected chi connectivity index (χ0v) is 17.4. The van der Waals surface area contributed by atoms with Crippen LogP contribution in [-0.4, -0.2) is 29.2 Å². The van der Waals surface area contributed by atoms with Gasteiger partial charge in [0.2, 0.25) is 0 Å². The molecule has 3 aromatic rings. The number of aromatic nitrogens is 1. The summed E-state index contributed by atoms with van der Waals surface area (Å²) in [5, 5.41) is 5.11. The van der Waals surface area contributed by atoms with Crippen LogP contribution in [0.25, 0.3) is 10.9 Å². The molecule has 1 amide bonds. The summed E-state index contributed by atoms with van der Waals surface area (Å²) in [7, 11) is 1.66. The van der Waals surface area contributed by atoms with Gasteiger partial charge in [0.05, 0.1) is 17.5 Å². The van der Waals surface area contributed by atoms with Crippen LogP contribution in [0.3, 0.4) is 0 Å². The minimum Gasteiger partial charge on any atom is -0.496 e. The van der Waals surface area contributed by atoms with Gasteiger partial charge < -0.3 is 10.1 Å². The summed E-state index contributed by atoms with van der Waals surface area (Å²) in [5.41, 5.74) is 3.33. The summed E-state index contributed by atoms with van der Waals surface area (Å²) in [6.45, 7) is 0. The van der Waals surface area contributed by atoms with Gasteiger partial charge in [-0.15, -0.1) is 0 Å². The summed E-state index contributed by atoms with van der Waals surface area (Å²) < 4.78 is 5.43. The molecule has 0 spiro atoms. The van der Waals surface area contributed by atoms with Crippen molar-refractivity contribution in [2.45, 2.75) is 24.8 Å². The van der Waals surface area contributed by atoms with E-state index in [9.17, 15) is 4.79 Å². The molecule has 1 fully saturated rings. The molecule has 1 aliphatic heterocycles. The van der Waals surface area contributed by atoms with E-state index in [0.29, 0.717) is 28.5 Å². The molecule has 2 aromatic carbocycles. The Bertz CT molecular complexity index is 1170. The van der Waals surface area contributed by atoms with Crippen molar-refractivity contribution in [2.24, 2.45) is 4.99 Å². The number of fused-ring (bicyclic) bond motifs is 1. The Morgan fingerprint density at radius 2 is 2.07 bits per heavy atom. The van der Waals surface area contributed by atoms with Gasteiger partial charge in [-0.05, 0) is 53.9 Å². The third-order valence-corrected chi connectivity index (χ3v) is 6.42. The molecule has 0 unspecified atom stereocenters. The Balaban J connectivity index is 1.23. The van der Waals surface area contributed by atoms with Gasteiger partial charge in [-0.25, -0.2) is 0 Å². The number of hydrogen-bond acceptors (Lipinski definition) is 5. The fourth-order valence-electron chi connectivity index (χ4n) is 3.77. The van der Waals surface area contributed by atoms with Crippen LogP contribution >= 0.6 is 11.8 Å². The molecule has 6 heteroatoms. The highest BCUT2D eigenvalue weighted by molar-refractivity contribution is 8.18. The third kappa shape index (κ3) is 3.83. The molecule has 0 saturated heterocycles. The summed E-state index contributed by atoms with van der Waals surface area (Å²) in [6, 6.07) is 18.8. The number of allylic oxidation sites excluding steroid dienone is 1. The minimum atomic E-state index is -0.167. The lowest BCUT2D eigenvalue weighted by Gasteiger charge is -2.06. The zero-order valence-electron chi connectivity index (χ0n) is 16.5. The Hall–Kier alpha value is -3.12. The fraction of sp³-hybridized carbons (Fsp3) is 0.208. The van der Waals surface area contributed by atoms with Gasteiger partial charge in [-0.1, -0.05) is 42.5 Å². The number of benzene rings is 2. The maximum absolute atomic E-state index is 12.3. The van der Waals surface area contributed by atoms with Gasteiger partial charge in [0, 0.05) is 23.5 Å². The smallest absolute Gasteiger partial charge is 0.285 e. The average Bonchev–Trinajstić information content (AvgIpc) is 3.46. The van der Waals surface area contributed by atoms with Crippen LogP contribution in [-0.2, 0) is 11.2 Å². The molecule has 0 radical (unpaired) electrons. The average molecular weight is 416 g/mol. The molecule has 1 N–H and O–H groups in total.